The third-order valence-electron chi connectivity index (χ3n) is 4.93. The van der Waals surface area contributed by atoms with Gasteiger partial charge in [-0.25, -0.2) is 4.39 Å². The molecule has 0 aliphatic carbocycles. The van der Waals surface area contributed by atoms with Crippen LogP contribution < -0.4 is 10.6 Å². The van der Waals surface area contributed by atoms with Crippen molar-refractivity contribution in [1.29, 1.82) is 0 Å². The van der Waals surface area contributed by atoms with Crippen molar-refractivity contribution in [2.75, 3.05) is 43.5 Å². The molecule has 2 heterocycles. The number of hydrogen-bond acceptors (Lipinski definition) is 4. The van der Waals surface area contributed by atoms with Crippen LogP contribution in [0.1, 0.15) is 11.1 Å². The van der Waals surface area contributed by atoms with Gasteiger partial charge < -0.3 is 15.4 Å². The number of hydrogen-bond donors (Lipinski definition) is 2. The van der Waals surface area contributed by atoms with Crippen LogP contribution in [0.3, 0.4) is 0 Å². The van der Waals surface area contributed by atoms with E-state index < -0.39 is 5.82 Å². The molecule has 0 unspecified atom stereocenters. The minimum absolute atomic E-state index is 0.301. The van der Waals surface area contributed by atoms with Crippen molar-refractivity contribution in [2.45, 2.75) is 6.42 Å². The lowest BCUT2D eigenvalue weighted by atomic mass is 10.1. The van der Waals surface area contributed by atoms with Gasteiger partial charge in [-0.05, 0) is 36.2 Å². The Morgan fingerprint density at radius 2 is 1.93 bits per heavy atom. The van der Waals surface area contributed by atoms with Gasteiger partial charge in [0.05, 0.1) is 24.5 Å². The zero-order valence-electron chi connectivity index (χ0n) is 15.0. The number of carbonyl (C=O) groups excluding carboxylic acids is 1. The number of halogens is 1. The summed E-state index contributed by atoms with van der Waals surface area (Å²) in [6.45, 7) is 4.64. The van der Waals surface area contributed by atoms with E-state index in [1.807, 2.05) is 12.1 Å². The highest BCUT2D eigenvalue weighted by atomic mass is 19.1. The van der Waals surface area contributed by atoms with Crippen LogP contribution in [0.2, 0.25) is 0 Å². The number of anilines is 2. The van der Waals surface area contributed by atoms with E-state index in [1.165, 1.54) is 11.6 Å². The Bertz CT molecular complexity index is 858. The van der Waals surface area contributed by atoms with Crippen LogP contribution in [-0.4, -0.2) is 43.7 Å². The molecule has 0 radical (unpaired) electrons. The van der Waals surface area contributed by atoms with E-state index in [0.29, 0.717) is 16.8 Å². The smallest absolute Gasteiger partial charge is 0.257 e. The van der Waals surface area contributed by atoms with E-state index in [4.69, 9.17) is 4.74 Å². The molecule has 4 rings (SSSR count). The molecule has 0 atom stereocenters. The van der Waals surface area contributed by atoms with Crippen LogP contribution in [0, 0.1) is 5.82 Å². The fourth-order valence-electron chi connectivity index (χ4n) is 3.38. The molecule has 5 nitrogen and oxygen atoms in total. The second kappa shape index (κ2) is 7.90. The number of rotatable bonds is 5. The Morgan fingerprint density at radius 3 is 2.70 bits per heavy atom. The first kappa shape index (κ1) is 17.7. The SMILES string of the molecule is O=C1Nc2cccc(F)c2/C1=C/Nc1ccc(CCN2CCOCC2)cc1. The molecule has 140 valence electrons. The largest absolute Gasteiger partial charge is 0.379 e. The summed E-state index contributed by atoms with van der Waals surface area (Å²) in [6, 6.07) is 12.7. The van der Waals surface area contributed by atoms with Crippen molar-refractivity contribution in [3.63, 3.8) is 0 Å². The molecule has 1 amide bonds. The molecule has 2 aromatic rings. The summed E-state index contributed by atoms with van der Waals surface area (Å²) < 4.78 is 19.4. The van der Waals surface area contributed by atoms with E-state index in [-0.39, 0.29) is 5.91 Å². The lowest BCUT2D eigenvalue weighted by Crippen LogP contribution is -2.37. The average molecular weight is 367 g/mol. The maximum atomic E-state index is 14.1. The van der Waals surface area contributed by atoms with Crippen LogP contribution >= 0.6 is 0 Å². The Hall–Kier alpha value is -2.70. The highest BCUT2D eigenvalue weighted by Gasteiger charge is 2.27. The highest BCUT2D eigenvalue weighted by Crippen LogP contribution is 2.33. The molecule has 0 aromatic heterocycles. The third-order valence-corrected chi connectivity index (χ3v) is 4.93. The van der Waals surface area contributed by atoms with E-state index in [2.05, 4.69) is 27.7 Å². The molecule has 6 heteroatoms. The quantitative estimate of drug-likeness (QED) is 0.798. The minimum atomic E-state index is -0.405. The Morgan fingerprint density at radius 1 is 1.15 bits per heavy atom. The van der Waals surface area contributed by atoms with Gasteiger partial charge in [0.2, 0.25) is 0 Å². The molecule has 1 saturated heterocycles. The molecular formula is C21H22FN3O2. The number of amides is 1. The molecule has 2 aliphatic heterocycles. The van der Waals surface area contributed by atoms with Crippen molar-refractivity contribution in [3.05, 3.63) is 65.6 Å². The minimum Gasteiger partial charge on any atom is -0.379 e. The molecule has 2 N–H and O–H groups in total. The van der Waals surface area contributed by atoms with Crippen molar-refractivity contribution in [3.8, 4) is 0 Å². The summed E-state index contributed by atoms with van der Waals surface area (Å²) in [7, 11) is 0. The first-order chi connectivity index (χ1) is 13.2. The van der Waals surface area contributed by atoms with Gasteiger partial charge in [-0.15, -0.1) is 0 Å². The molecule has 2 aliphatic rings. The molecule has 27 heavy (non-hydrogen) atoms. The van der Waals surface area contributed by atoms with Crippen LogP contribution in [-0.2, 0) is 16.0 Å². The fraction of sp³-hybridized carbons (Fsp3) is 0.286. The van der Waals surface area contributed by atoms with Crippen LogP contribution in [0.5, 0.6) is 0 Å². The normalized spacial score (nSPS) is 18.4. The van der Waals surface area contributed by atoms with Gasteiger partial charge in [-0.2, -0.15) is 0 Å². The predicted molar refractivity (Wildman–Crippen MR) is 104 cm³/mol. The third kappa shape index (κ3) is 4.02. The molecular weight excluding hydrogens is 345 g/mol. The maximum absolute atomic E-state index is 14.1. The summed E-state index contributed by atoms with van der Waals surface area (Å²) in [5, 5.41) is 5.78. The molecule has 0 saturated carbocycles. The van der Waals surface area contributed by atoms with Crippen molar-refractivity contribution in [2.24, 2.45) is 0 Å². The average Bonchev–Trinajstić information content (AvgIpc) is 3.03. The molecule has 1 fully saturated rings. The molecule has 0 bridgehead atoms. The summed E-state index contributed by atoms with van der Waals surface area (Å²) in [5.41, 5.74) is 3.24. The van der Waals surface area contributed by atoms with Crippen molar-refractivity contribution >= 4 is 22.9 Å². The Balaban J connectivity index is 1.39. The molecule has 2 aromatic carbocycles. The van der Waals surface area contributed by atoms with Gasteiger partial charge in [0.15, 0.2) is 0 Å². The summed E-state index contributed by atoms with van der Waals surface area (Å²) >= 11 is 0. The fourth-order valence-corrected chi connectivity index (χ4v) is 3.38. The number of ether oxygens (including phenoxy) is 1. The lowest BCUT2D eigenvalue weighted by Gasteiger charge is -2.26. The first-order valence-electron chi connectivity index (χ1n) is 9.17. The van der Waals surface area contributed by atoms with Crippen molar-refractivity contribution in [1.82, 2.24) is 4.90 Å². The Labute approximate surface area is 157 Å². The van der Waals surface area contributed by atoms with Gasteiger partial charge in [-0.3, -0.25) is 9.69 Å². The van der Waals surface area contributed by atoms with Crippen LogP contribution in [0.15, 0.2) is 48.7 Å². The molecule has 0 spiro atoms. The zero-order chi connectivity index (χ0) is 18.6. The van der Waals surface area contributed by atoms with E-state index in [1.54, 1.807) is 18.3 Å². The van der Waals surface area contributed by atoms with Gasteiger partial charge >= 0.3 is 0 Å². The van der Waals surface area contributed by atoms with Crippen LogP contribution in [0.25, 0.3) is 5.57 Å². The summed E-state index contributed by atoms with van der Waals surface area (Å²) in [5.74, 6) is -0.706. The number of carbonyl (C=O) groups is 1. The Kier molecular flexibility index (Phi) is 5.18. The number of benzene rings is 2. The topological polar surface area (TPSA) is 53.6 Å². The lowest BCUT2D eigenvalue weighted by molar-refractivity contribution is -0.110. The van der Waals surface area contributed by atoms with Gasteiger partial charge in [0.1, 0.15) is 5.82 Å². The second-order valence-corrected chi connectivity index (χ2v) is 6.72. The summed E-state index contributed by atoms with van der Waals surface area (Å²) in [6.07, 6.45) is 2.55. The van der Waals surface area contributed by atoms with E-state index in [9.17, 15) is 9.18 Å². The first-order valence-corrected chi connectivity index (χ1v) is 9.17. The summed E-state index contributed by atoms with van der Waals surface area (Å²) in [4.78, 5) is 14.5. The number of nitrogens with zero attached hydrogens (tertiary/aromatic N) is 1. The standard InChI is InChI=1S/C21H22FN3O2/c22-18-2-1-3-19-20(18)17(21(26)24-19)14-23-16-6-4-15(5-7-16)8-9-25-10-12-27-13-11-25/h1-7,14,23H,8-13H2,(H,24,26)/b17-14-. The van der Waals surface area contributed by atoms with Gasteiger partial charge in [0.25, 0.3) is 5.91 Å². The number of fused-ring (bicyclic) bond motifs is 1. The van der Waals surface area contributed by atoms with Gasteiger partial charge in [0, 0.05) is 37.1 Å². The highest BCUT2D eigenvalue weighted by molar-refractivity contribution is 6.31. The predicted octanol–water partition coefficient (Wildman–Crippen LogP) is 3.11. The number of nitrogens with one attached hydrogen (secondary N) is 2. The monoisotopic (exact) mass is 367 g/mol. The van der Waals surface area contributed by atoms with Gasteiger partial charge in [-0.1, -0.05) is 18.2 Å². The van der Waals surface area contributed by atoms with E-state index in [0.717, 1.165) is 45.0 Å². The van der Waals surface area contributed by atoms with E-state index >= 15 is 0 Å². The van der Waals surface area contributed by atoms with Crippen LogP contribution in [0.4, 0.5) is 15.8 Å². The zero-order valence-corrected chi connectivity index (χ0v) is 15.0. The maximum Gasteiger partial charge on any atom is 0.257 e. The number of morpholine rings is 1. The van der Waals surface area contributed by atoms with Crippen molar-refractivity contribution < 1.29 is 13.9 Å². The second-order valence-electron chi connectivity index (χ2n) is 6.72.